The van der Waals surface area contributed by atoms with E-state index in [9.17, 15) is 0 Å². The number of nitrogens with one attached hydrogen (secondary N) is 1. The average molecular weight is 290 g/mol. The molecule has 0 unspecified atom stereocenters. The highest BCUT2D eigenvalue weighted by molar-refractivity contribution is 6.31. The Morgan fingerprint density at radius 1 is 1.20 bits per heavy atom. The summed E-state index contributed by atoms with van der Waals surface area (Å²) in [6, 6.07) is 14.5. The number of benzene rings is 2. The molecule has 3 heteroatoms. The molecule has 0 aliphatic carbocycles. The molecule has 0 saturated carbocycles. The van der Waals surface area contributed by atoms with Gasteiger partial charge in [0, 0.05) is 23.2 Å². The zero-order valence-corrected chi connectivity index (χ0v) is 12.9. The van der Waals surface area contributed by atoms with Crippen molar-refractivity contribution >= 4 is 11.6 Å². The third-order valence-corrected chi connectivity index (χ3v) is 3.78. The third-order valence-electron chi connectivity index (χ3n) is 3.42. The molecule has 2 nitrogen and oxygen atoms in total. The van der Waals surface area contributed by atoms with Crippen LogP contribution >= 0.6 is 11.6 Å². The second kappa shape index (κ2) is 6.78. The highest BCUT2D eigenvalue weighted by Gasteiger charge is 2.10. The monoisotopic (exact) mass is 289 g/mol. The fourth-order valence-corrected chi connectivity index (χ4v) is 2.45. The maximum atomic E-state index is 6.24. The number of ether oxygens (including phenoxy) is 1. The van der Waals surface area contributed by atoms with E-state index >= 15 is 0 Å². The van der Waals surface area contributed by atoms with Gasteiger partial charge in [-0.15, -0.1) is 0 Å². The first kappa shape index (κ1) is 14.9. The SMILES string of the molecule is COc1cccc(Cl)c1CN[C@@H](C)c1cccc(C)c1. The van der Waals surface area contributed by atoms with Crippen molar-refractivity contribution in [1.82, 2.24) is 5.32 Å². The van der Waals surface area contributed by atoms with Crippen LogP contribution in [0, 0.1) is 6.92 Å². The lowest BCUT2D eigenvalue weighted by molar-refractivity contribution is 0.406. The first-order valence-corrected chi connectivity index (χ1v) is 7.11. The van der Waals surface area contributed by atoms with Gasteiger partial charge in [0.2, 0.25) is 0 Å². The highest BCUT2D eigenvalue weighted by atomic mass is 35.5. The lowest BCUT2D eigenvalue weighted by atomic mass is 10.1. The van der Waals surface area contributed by atoms with E-state index < -0.39 is 0 Å². The Morgan fingerprint density at radius 2 is 1.95 bits per heavy atom. The van der Waals surface area contributed by atoms with Crippen LogP contribution in [0.3, 0.4) is 0 Å². The van der Waals surface area contributed by atoms with Crippen LogP contribution in [-0.2, 0) is 6.54 Å². The van der Waals surface area contributed by atoms with Crippen molar-refractivity contribution in [2.24, 2.45) is 0 Å². The van der Waals surface area contributed by atoms with Crippen molar-refractivity contribution in [3.8, 4) is 5.75 Å². The Hall–Kier alpha value is -1.51. The smallest absolute Gasteiger partial charge is 0.124 e. The summed E-state index contributed by atoms with van der Waals surface area (Å²) in [5, 5.41) is 4.22. The van der Waals surface area contributed by atoms with Crippen molar-refractivity contribution in [3.63, 3.8) is 0 Å². The molecule has 2 aromatic rings. The Morgan fingerprint density at radius 3 is 2.65 bits per heavy atom. The summed E-state index contributed by atoms with van der Waals surface area (Å²) in [4.78, 5) is 0. The average Bonchev–Trinajstić information content (AvgIpc) is 2.45. The predicted molar refractivity (Wildman–Crippen MR) is 84.4 cm³/mol. The molecule has 1 N–H and O–H groups in total. The molecule has 0 bridgehead atoms. The zero-order chi connectivity index (χ0) is 14.5. The quantitative estimate of drug-likeness (QED) is 0.874. The van der Waals surface area contributed by atoms with Gasteiger partial charge in [-0.3, -0.25) is 0 Å². The molecule has 1 atom stereocenters. The van der Waals surface area contributed by atoms with Gasteiger partial charge in [-0.1, -0.05) is 47.5 Å². The van der Waals surface area contributed by atoms with Gasteiger partial charge in [0.25, 0.3) is 0 Å². The molecule has 0 radical (unpaired) electrons. The fourth-order valence-electron chi connectivity index (χ4n) is 2.21. The first-order valence-electron chi connectivity index (χ1n) is 6.73. The molecule has 0 aliphatic heterocycles. The standard InChI is InChI=1S/C17H20ClNO/c1-12-6-4-7-14(10-12)13(2)19-11-15-16(18)8-5-9-17(15)20-3/h4-10,13,19H,11H2,1-3H3/t13-/m0/s1. The van der Waals surface area contributed by atoms with Crippen LogP contribution in [0.4, 0.5) is 0 Å². The minimum absolute atomic E-state index is 0.260. The van der Waals surface area contributed by atoms with Crippen molar-refractivity contribution in [3.05, 3.63) is 64.2 Å². The molecule has 2 rings (SSSR count). The van der Waals surface area contributed by atoms with E-state index in [0.29, 0.717) is 6.54 Å². The molecular weight excluding hydrogens is 270 g/mol. The third kappa shape index (κ3) is 3.53. The second-order valence-electron chi connectivity index (χ2n) is 4.94. The summed E-state index contributed by atoms with van der Waals surface area (Å²) in [5.74, 6) is 0.821. The molecule has 0 heterocycles. The van der Waals surface area contributed by atoms with Crippen LogP contribution in [0.15, 0.2) is 42.5 Å². The van der Waals surface area contributed by atoms with Crippen LogP contribution in [0.2, 0.25) is 5.02 Å². The van der Waals surface area contributed by atoms with E-state index in [2.05, 4.69) is 43.4 Å². The van der Waals surface area contributed by atoms with Crippen LogP contribution in [0.25, 0.3) is 0 Å². The normalized spacial score (nSPS) is 12.2. The van der Waals surface area contributed by atoms with Gasteiger partial charge >= 0.3 is 0 Å². The minimum atomic E-state index is 0.260. The Balaban J connectivity index is 2.09. The molecule has 0 spiro atoms. The lowest BCUT2D eigenvalue weighted by Gasteiger charge is -2.17. The molecule has 106 valence electrons. The van der Waals surface area contributed by atoms with Crippen LogP contribution in [0.5, 0.6) is 5.75 Å². The van der Waals surface area contributed by atoms with Gasteiger partial charge in [0.1, 0.15) is 5.75 Å². The van der Waals surface area contributed by atoms with Crippen molar-refractivity contribution in [1.29, 1.82) is 0 Å². The summed E-state index contributed by atoms with van der Waals surface area (Å²) in [6.07, 6.45) is 0. The molecule has 0 fully saturated rings. The molecule has 0 saturated heterocycles. The Kier molecular flexibility index (Phi) is 5.05. The first-order chi connectivity index (χ1) is 9.61. The molecule has 20 heavy (non-hydrogen) atoms. The van der Waals surface area contributed by atoms with Crippen molar-refractivity contribution < 1.29 is 4.74 Å². The topological polar surface area (TPSA) is 21.3 Å². The molecule has 0 aromatic heterocycles. The summed E-state index contributed by atoms with van der Waals surface area (Å²) in [7, 11) is 1.67. The maximum absolute atomic E-state index is 6.24. The minimum Gasteiger partial charge on any atom is -0.496 e. The van der Waals surface area contributed by atoms with Crippen LogP contribution in [0.1, 0.15) is 29.7 Å². The van der Waals surface area contributed by atoms with Crippen molar-refractivity contribution in [2.45, 2.75) is 26.4 Å². The second-order valence-corrected chi connectivity index (χ2v) is 5.34. The van der Waals surface area contributed by atoms with Crippen molar-refractivity contribution in [2.75, 3.05) is 7.11 Å². The Labute approximate surface area is 125 Å². The van der Waals surface area contributed by atoms with E-state index in [0.717, 1.165) is 16.3 Å². The predicted octanol–water partition coefficient (Wildman–Crippen LogP) is 4.51. The lowest BCUT2D eigenvalue weighted by Crippen LogP contribution is -2.18. The molecule has 0 aliphatic rings. The summed E-state index contributed by atoms with van der Waals surface area (Å²) in [6.45, 7) is 4.93. The molecule has 0 amide bonds. The van der Waals surface area contributed by atoms with E-state index in [-0.39, 0.29) is 6.04 Å². The van der Waals surface area contributed by atoms with Gasteiger partial charge in [-0.25, -0.2) is 0 Å². The summed E-state index contributed by atoms with van der Waals surface area (Å²) < 4.78 is 5.36. The summed E-state index contributed by atoms with van der Waals surface area (Å²) >= 11 is 6.24. The van der Waals surface area contributed by atoms with Gasteiger partial charge in [0.15, 0.2) is 0 Å². The van der Waals surface area contributed by atoms with Gasteiger partial charge in [-0.05, 0) is 31.5 Å². The molecule has 2 aromatic carbocycles. The number of methoxy groups -OCH3 is 1. The van der Waals surface area contributed by atoms with Gasteiger partial charge < -0.3 is 10.1 Å². The maximum Gasteiger partial charge on any atom is 0.124 e. The van der Waals surface area contributed by atoms with E-state index in [1.165, 1.54) is 11.1 Å². The number of aryl methyl sites for hydroxylation is 1. The number of halogens is 1. The number of hydrogen-bond donors (Lipinski definition) is 1. The van der Waals surface area contributed by atoms with E-state index in [1.807, 2.05) is 18.2 Å². The largest absolute Gasteiger partial charge is 0.496 e. The Bertz CT molecular complexity index is 583. The highest BCUT2D eigenvalue weighted by Crippen LogP contribution is 2.26. The molecular formula is C17H20ClNO. The summed E-state index contributed by atoms with van der Waals surface area (Å²) in [5.41, 5.74) is 3.54. The zero-order valence-electron chi connectivity index (χ0n) is 12.1. The number of rotatable bonds is 5. The van der Waals surface area contributed by atoms with Crippen LogP contribution < -0.4 is 10.1 Å². The van der Waals surface area contributed by atoms with Gasteiger partial charge in [0.05, 0.1) is 7.11 Å². The van der Waals surface area contributed by atoms with Crippen LogP contribution in [-0.4, -0.2) is 7.11 Å². The fraction of sp³-hybridized carbons (Fsp3) is 0.294. The van der Waals surface area contributed by atoms with E-state index in [1.54, 1.807) is 7.11 Å². The van der Waals surface area contributed by atoms with Gasteiger partial charge in [-0.2, -0.15) is 0 Å². The van der Waals surface area contributed by atoms with E-state index in [4.69, 9.17) is 16.3 Å². The number of hydrogen-bond acceptors (Lipinski definition) is 2.